The fraction of sp³-hybridized carbons (Fsp3) is 0.167. The summed E-state index contributed by atoms with van der Waals surface area (Å²) in [5.74, 6) is 1.24. The van der Waals surface area contributed by atoms with Gasteiger partial charge in [0.25, 0.3) is 0 Å². The molecule has 1 atom stereocenters. The van der Waals surface area contributed by atoms with Gasteiger partial charge in [0.2, 0.25) is 5.95 Å². The van der Waals surface area contributed by atoms with Crippen LogP contribution in [0, 0.1) is 5.82 Å². The Kier molecular flexibility index (Phi) is 5.22. The Hall–Kier alpha value is -3.87. The number of rotatable bonds is 4. The zero-order valence-electron chi connectivity index (χ0n) is 16.8. The van der Waals surface area contributed by atoms with Crippen LogP contribution in [-0.4, -0.2) is 39.8 Å². The Morgan fingerprint density at radius 3 is 2.26 bits per heavy atom. The quantitative estimate of drug-likeness (QED) is 0.502. The van der Waals surface area contributed by atoms with E-state index >= 15 is 0 Å². The van der Waals surface area contributed by atoms with Gasteiger partial charge in [-0.3, -0.25) is 0 Å². The second kappa shape index (κ2) is 8.47. The molecule has 0 aliphatic carbocycles. The predicted molar refractivity (Wildman–Crippen MR) is 118 cm³/mol. The smallest absolute Gasteiger partial charge is 0.225 e. The first-order valence-corrected chi connectivity index (χ1v) is 10.2. The van der Waals surface area contributed by atoms with Crippen molar-refractivity contribution in [1.29, 1.82) is 0 Å². The molecule has 5 rings (SSSR count). The van der Waals surface area contributed by atoms with Crippen molar-refractivity contribution in [2.24, 2.45) is 0 Å². The molecule has 6 nitrogen and oxygen atoms in total. The zero-order valence-corrected chi connectivity index (χ0v) is 16.8. The van der Waals surface area contributed by atoms with Crippen LogP contribution in [-0.2, 0) is 0 Å². The third-order valence-corrected chi connectivity index (χ3v) is 5.49. The van der Waals surface area contributed by atoms with E-state index in [1.54, 1.807) is 18.5 Å². The monoisotopic (exact) mass is 412 g/mol. The van der Waals surface area contributed by atoms with Gasteiger partial charge in [0.05, 0.1) is 11.7 Å². The van der Waals surface area contributed by atoms with E-state index < -0.39 is 0 Å². The van der Waals surface area contributed by atoms with Crippen LogP contribution in [0.25, 0.3) is 11.3 Å². The van der Waals surface area contributed by atoms with Crippen molar-refractivity contribution in [3.63, 3.8) is 0 Å². The van der Waals surface area contributed by atoms with Crippen molar-refractivity contribution in [2.45, 2.75) is 6.04 Å². The molecule has 0 saturated carbocycles. The molecule has 2 aromatic carbocycles. The summed E-state index contributed by atoms with van der Waals surface area (Å²) in [5, 5.41) is 8.92. The molecule has 0 N–H and O–H groups in total. The van der Waals surface area contributed by atoms with Gasteiger partial charge in [0.15, 0.2) is 5.82 Å². The van der Waals surface area contributed by atoms with E-state index in [1.165, 1.54) is 12.1 Å². The Balaban J connectivity index is 1.42. The first-order valence-electron chi connectivity index (χ1n) is 10.2. The summed E-state index contributed by atoms with van der Waals surface area (Å²) in [6, 6.07) is 22.4. The van der Waals surface area contributed by atoms with Crippen LogP contribution in [0.5, 0.6) is 0 Å². The predicted octanol–water partition coefficient (Wildman–Crippen LogP) is 4.14. The van der Waals surface area contributed by atoms with Crippen molar-refractivity contribution in [3.05, 3.63) is 96.6 Å². The highest BCUT2D eigenvalue weighted by atomic mass is 19.1. The highest BCUT2D eigenvalue weighted by Gasteiger charge is 2.30. The highest BCUT2D eigenvalue weighted by Crippen LogP contribution is 2.30. The number of hydrogen-bond donors (Lipinski definition) is 0. The number of anilines is 2. The van der Waals surface area contributed by atoms with Gasteiger partial charge in [-0.15, -0.1) is 10.2 Å². The van der Waals surface area contributed by atoms with Crippen molar-refractivity contribution >= 4 is 11.8 Å². The minimum Gasteiger partial charge on any atom is -0.351 e. The van der Waals surface area contributed by atoms with Crippen LogP contribution in [0.15, 0.2) is 85.2 Å². The molecule has 7 heteroatoms. The molecule has 1 unspecified atom stereocenters. The second-order valence-corrected chi connectivity index (χ2v) is 7.40. The zero-order chi connectivity index (χ0) is 21.0. The lowest BCUT2D eigenvalue weighted by Gasteiger charge is -2.42. The maximum Gasteiger partial charge on any atom is 0.225 e. The van der Waals surface area contributed by atoms with E-state index in [0.717, 1.165) is 29.2 Å². The van der Waals surface area contributed by atoms with Gasteiger partial charge < -0.3 is 9.80 Å². The molecule has 4 aromatic rings. The lowest BCUT2D eigenvalue weighted by molar-refractivity contribution is 0.523. The molecule has 0 spiro atoms. The van der Waals surface area contributed by atoms with E-state index in [1.807, 2.05) is 54.6 Å². The maximum absolute atomic E-state index is 13.5. The molecule has 1 saturated heterocycles. The molecular weight excluding hydrogens is 391 g/mol. The molecule has 1 aliphatic rings. The lowest BCUT2D eigenvalue weighted by Crippen LogP contribution is -2.49. The summed E-state index contributed by atoms with van der Waals surface area (Å²) in [5.41, 5.74) is 2.89. The van der Waals surface area contributed by atoms with Gasteiger partial charge in [0, 0.05) is 37.6 Å². The minimum atomic E-state index is -0.249. The normalized spacial score (nSPS) is 16.4. The molecule has 0 amide bonds. The summed E-state index contributed by atoms with van der Waals surface area (Å²) in [4.78, 5) is 13.2. The van der Waals surface area contributed by atoms with Crippen LogP contribution in [0.2, 0.25) is 0 Å². The van der Waals surface area contributed by atoms with E-state index in [2.05, 4.69) is 30.0 Å². The van der Waals surface area contributed by atoms with Crippen molar-refractivity contribution in [1.82, 2.24) is 20.2 Å². The fourth-order valence-corrected chi connectivity index (χ4v) is 3.90. The van der Waals surface area contributed by atoms with Crippen LogP contribution in [0.4, 0.5) is 16.2 Å². The molecular formula is C24H21FN6. The van der Waals surface area contributed by atoms with Crippen molar-refractivity contribution < 1.29 is 4.39 Å². The molecule has 0 bridgehead atoms. The van der Waals surface area contributed by atoms with E-state index in [9.17, 15) is 4.39 Å². The van der Waals surface area contributed by atoms with Gasteiger partial charge >= 0.3 is 0 Å². The largest absolute Gasteiger partial charge is 0.351 e. The molecule has 0 radical (unpaired) electrons. The summed E-state index contributed by atoms with van der Waals surface area (Å²) in [6.45, 7) is 2.15. The number of benzene rings is 2. The van der Waals surface area contributed by atoms with E-state index in [-0.39, 0.29) is 11.9 Å². The van der Waals surface area contributed by atoms with E-state index in [4.69, 9.17) is 0 Å². The third kappa shape index (κ3) is 4.07. The molecule has 1 aliphatic heterocycles. The first kappa shape index (κ1) is 19.1. The SMILES string of the molecule is Fc1ccc(C2CN(c3ccc(-c4ccccc4)nn3)CCN2c2ncccn2)cc1. The summed E-state index contributed by atoms with van der Waals surface area (Å²) >= 11 is 0. The maximum atomic E-state index is 13.5. The van der Waals surface area contributed by atoms with Crippen molar-refractivity contribution in [3.8, 4) is 11.3 Å². The Morgan fingerprint density at radius 2 is 1.55 bits per heavy atom. The van der Waals surface area contributed by atoms with Crippen molar-refractivity contribution in [2.75, 3.05) is 29.4 Å². The number of aromatic nitrogens is 4. The van der Waals surface area contributed by atoms with Gasteiger partial charge in [-0.2, -0.15) is 0 Å². The topological polar surface area (TPSA) is 58.0 Å². The lowest BCUT2D eigenvalue weighted by atomic mass is 10.0. The fourth-order valence-electron chi connectivity index (χ4n) is 3.90. The summed E-state index contributed by atoms with van der Waals surface area (Å²) in [7, 11) is 0. The Labute approximate surface area is 180 Å². The number of nitrogens with zero attached hydrogens (tertiary/aromatic N) is 6. The standard InChI is InChI=1S/C24H21FN6/c25-20-9-7-19(8-10-20)22-17-30(15-16-31(22)24-26-13-4-14-27-24)23-12-11-21(28-29-23)18-5-2-1-3-6-18/h1-14,22H,15-17H2. The van der Waals surface area contributed by atoms with Gasteiger partial charge in [0.1, 0.15) is 5.82 Å². The first-order chi connectivity index (χ1) is 15.3. The van der Waals surface area contributed by atoms with Gasteiger partial charge in [-0.1, -0.05) is 42.5 Å². The van der Waals surface area contributed by atoms with Crippen LogP contribution in [0.1, 0.15) is 11.6 Å². The minimum absolute atomic E-state index is 0.0349. The molecule has 31 heavy (non-hydrogen) atoms. The van der Waals surface area contributed by atoms with Gasteiger partial charge in [-0.25, -0.2) is 14.4 Å². The summed E-state index contributed by atoms with van der Waals surface area (Å²) < 4.78 is 13.5. The number of halogens is 1. The number of piperazine rings is 1. The molecule has 154 valence electrons. The third-order valence-electron chi connectivity index (χ3n) is 5.49. The molecule has 3 heterocycles. The average molecular weight is 412 g/mol. The second-order valence-electron chi connectivity index (χ2n) is 7.40. The Morgan fingerprint density at radius 1 is 0.774 bits per heavy atom. The van der Waals surface area contributed by atoms with Crippen LogP contribution < -0.4 is 9.80 Å². The molecule has 1 fully saturated rings. The van der Waals surface area contributed by atoms with Crippen LogP contribution >= 0.6 is 0 Å². The highest BCUT2D eigenvalue weighted by molar-refractivity contribution is 5.59. The Bertz CT molecular complexity index is 1120. The average Bonchev–Trinajstić information content (AvgIpc) is 2.85. The molecule has 2 aromatic heterocycles. The number of hydrogen-bond acceptors (Lipinski definition) is 6. The van der Waals surface area contributed by atoms with Gasteiger partial charge in [-0.05, 0) is 35.9 Å². The van der Waals surface area contributed by atoms with E-state index in [0.29, 0.717) is 19.0 Å². The summed E-state index contributed by atoms with van der Waals surface area (Å²) in [6.07, 6.45) is 3.48. The van der Waals surface area contributed by atoms with Crippen LogP contribution in [0.3, 0.4) is 0 Å².